The minimum absolute atomic E-state index is 0. The number of aromatic nitrogens is 2. The molecule has 1 aromatic heterocycles. The van der Waals surface area contributed by atoms with Gasteiger partial charge in [-0.1, -0.05) is 31.0 Å². The maximum Gasteiger partial charge on any atom is 0.230 e. The van der Waals surface area contributed by atoms with Crippen molar-refractivity contribution >= 4 is 35.8 Å². The normalized spacial score (nSPS) is 15.2. The molecule has 7 nitrogen and oxygen atoms in total. The fourth-order valence-corrected chi connectivity index (χ4v) is 4.48. The Kier molecular flexibility index (Phi) is 9.54. The van der Waals surface area contributed by atoms with E-state index in [4.69, 9.17) is 4.99 Å². The largest absolute Gasteiger partial charge is 0.357 e. The second kappa shape index (κ2) is 11.7. The van der Waals surface area contributed by atoms with Crippen molar-refractivity contribution in [3.63, 3.8) is 0 Å². The van der Waals surface area contributed by atoms with Crippen LogP contribution < -0.4 is 10.6 Å². The Bertz CT molecular complexity index is 930. The van der Waals surface area contributed by atoms with Gasteiger partial charge in [-0.3, -0.25) is 4.79 Å². The zero-order chi connectivity index (χ0) is 22.4. The molecular weight excluding hydrogens is 515 g/mol. The van der Waals surface area contributed by atoms with Crippen LogP contribution in [0.3, 0.4) is 0 Å². The van der Waals surface area contributed by atoms with Crippen molar-refractivity contribution in [2.45, 2.75) is 53.0 Å². The molecule has 3 rings (SSSR count). The monoisotopic (exact) mass is 552 g/mol. The molecule has 2 aromatic rings. The zero-order valence-corrected chi connectivity index (χ0v) is 22.3. The van der Waals surface area contributed by atoms with Crippen molar-refractivity contribution in [1.82, 2.24) is 25.3 Å². The van der Waals surface area contributed by atoms with Gasteiger partial charge in [-0.2, -0.15) is 5.10 Å². The van der Waals surface area contributed by atoms with Gasteiger partial charge in [0.15, 0.2) is 5.96 Å². The number of benzene rings is 1. The van der Waals surface area contributed by atoms with Crippen molar-refractivity contribution in [2.24, 2.45) is 10.4 Å². The molecule has 1 amide bonds. The lowest BCUT2D eigenvalue weighted by atomic mass is 9.84. The summed E-state index contributed by atoms with van der Waals surface area (Å²) in [6, 6.07) is 10.3. The summed E-state index contributed by atoms with van der Waals surface area (Å²) in [5.41, 5.74) is 3.91. The van der Waals surface area contributed by atoms with E-state index in [0.717, 1.165) is 60.8 Å². The van der Waals surface area contributed by atoms with Crippen LogP contribution in [-0.4, -0.2) is 53.7 Å². The van der Waals surface area contributed by atoms with Crippen molar-refractivity contribution in [2.75, 3.05) is 27.2 Å². The van der Waals surface area contributed by atoms with Gasteiger partial charge in [-0.05, 0) is 51.3 Å². The minimum Gasteiger partial charge on any atom is -0.357 e. The summed E-state index contributed by atoms with van der Waals surface area (Å²) in [7, 11) is 3.69. The number of rotatable bonds is 7. The molecular formula is C24H37IN6O. The van der Waals surface area contributed by atoms with E-state index in [1.807, 2.05) is 37.8 Å². The maximum atomic E-state index is 12.9. The lowest BCUT2D eigenvalue weighted by molar-refractivity contribution is -0.138. The average molecular weight is 553 g/mol. The molecule has 1 saturated carbocycles. The van der Waals surface area contributed by atoms with E-state index in [9.17, 15) is 4.79 Å². The van der Waals surface area contributed by atoms with Gasteiger partial charge in [-0.25, -0.2) is 9.67 Å². The first kappa shape index (κ1) is 26.2. The number of carbonyl (C=O) groups is 1. The number of carbonyl (C=O) groups excluding carboxylic acids is 1. The number of hydrogen-bond donors (Lipinski definition) is 2. The molecule has 1 aliphatic rings. The van der Waals surface area contributed by atoms with Crippen LogP contribution in [0.5, 0.6) is 0 Å². The lowest BCUT2D eigenvalue weighted by Crippen LogP contribution is -2.49. The molecule has 0 unspecified atom stereocenters. The van der Waals surface area contributed by atoms with E-state index in [2.05, 4.69) is 47.8 Å². The van der Waals surface area contributed by atoms with Crippen molar-refractivity contribution in [3.05, 3.63) is 47.3 Å². The number of para-hydroxylation sites is 1. The SMILES string of the molecule is CCNC(=NCc1ccccc1-n1nc(C)cc1C)NCC1(C(=O)N(C)C)CCCC1.I. The number of aliphatic imine (C=N–C) groups is 1. The highest BCUT2D eigenvalue weighted by Gasteiger charge is 2.42. The Labute approximate surface area is 209 Å². The molecule has 1 aromatic carbocycles. The molecule has 0 bridgehead atoms. The summed E-state index contributed by atoms with van der Waals surface area (Å²) in [5, 5.41) is 11.4. The Hall–Kier alpha value is -2.10. The first-order valence-electron chi connectivity index (χ1n) is 11.2. The number of nitrogens with one attached hydrogen (secondary N) is 2. The number of guanidine groups is 1. The molecule has 0 saturated heterocycles. The topological polar surface area (TPSA) is 74.5 Å². The Balaban J connectivity index is 0.00000363. The lowest BCUT2D eigenvalue weighted by Gasteiger charge is -2.31. The Morgan fingerprint density at radius 3 is 2.47 bits per heavy atom. The van der Waals surface area contributed by atoms with Gasteiger partial charge in [0, 0.05) is 32.9 Å². The summed E-state index contributed by atoms with van der Waals surface area (Å²) < 4.78 is 1.98. The van der Waals surface area contributed by atoms with Crippen LogP contribution in [0, 0.1) is 19.3 Å². The predicted molar refractivity (Wildman–Crippen MR) is 141 cm³/mol. The van der Waals surface area contributed by atoms with Gasteiger partial charge in [0.2, 0.25) is 5.91 Å². The minimum atomic E-state index is -0.332. The van der Waals surface area contributed by atoms with E-state index in [1.54, 1.807) is 4.90 Å². The van der Waals surface area contributed by atoms with Crippen LogP contribution in [0.15, 0.2) is 35.3 Å². The van der Waals surface area contributed by atoms with Crippen LogP contribution in [0.4, 0.5) is 0 Å². The van der Waals surface area contributed by atoms with E-state index in [0.29, 0.717) is 13.1 Å². The number of halogens is 1. The fourth-order valence-electron chi connectivity index (χ4n) is 4.48. The van der Waals surface area contributed by atoms with Crippen LogP contribution in [0.2, 0.25) is 0 Å². The van der Waals surface area contributed by atoms with Crippen molar-refractivity contribution in [3.8, 4) is 5.69 Å². The summed E-state index contributed by atoms with van der Waals surface area (Å²) in [5.74, 6) is 0.951. The van der Waals surface area contributed by atoms with E-state index < -0.39 is 0 Å². The smallest absolute Gasteiger partial charge is 0.230 e. The summed E-state index contributed by atoms with van der Waals surface area (Å²) >= 11 is 0. The molecule has 0 atom stereocenters. The molecule has 32 heavy (non-hydrogen) atoms. The third-order valence-corrected chi connectivity index (χ3v) is 6.00. The standard InChI is InChI=1S/C24H36N6O.HI/c1-6-25-23(27-17-24(13-9-10-14-24)22(31)29(4)5)26-16-20-11-7-8-12-21(20)30-19(3)15-18(2)28-30;/h7-8,11-12,15H,6,9-10,13-14,16-17H2,1-5H3,(H2,25,26,27);1H. The molecule has 176 valence electrons. The second-order valence-corrected chi connectivity index (χ2v) is 8.70. The molecule has 0 aliphatic heterocycles. The van der Waals surface area contributed by atoms with Gasteiger partial charge in [0.05, 0.1) is 23.3 Å². The van der Waals surface area contributed by atoms with Crippen molar-refractivity contribution < 1.29 is 4.79 Å². The fraction of sp³-hybridized carbons (Fsp3) is 0.542. The van der Waals surface area contributed by atoms with Crippen LogP contribution in [0.1, 0.15) is 49.6 Å². The van der Waals surface area contributed by atoms with Crippen molar-refractivity contribution in [1.29, 1.82) is 0 Å². The molecule has 2 N–H and O–H groups in total. The molecule has 1 aliphatic carbocycles. The molecule has 8 heteroatoms. The number of nitrogens with zero attached hydrogens (tertiary/aromatic N) is 4. The average Bonchev–Trinajstić information content (AvgIpc) is 3.36. The maximum absolute atomic E-state index is 12.9. The number of amides is 1. The molecule has 1 fully saturated rings. The van der Waals surface area contributed by atoms with Gasteiger partial charge < -0.3 is 15.5 Å². The highest BCUT2D eigenvalue weighted by atomic mass is 127. The highest BCUT2D eigenvalue weighted by Crippen LogP contribution is 2.38. The summed E-state index contributed by atoms with van der Waals surface area (Å²) in [6.07, 6.45) is 4.06. The molecule has 0 spiro atoms. The third-order valence-electron chi connectivity index (χ3n) is 6.00. The molecule has 1 heterocycles. The third kappa shape index (κ3) is 6.02. The van der Waals surface area contributed by atoms with E-state index >= 15 is 0 Å². The van der Waals surface area contributed by atoms with Gasteiger partial charge >= 0.3 is 0 Å². The first-order chi connectivity index (χ1) is 14.9. The Morgan fingerprint density at radius 2 is 1.88 bits per heavy atom. The quantitative estimate of drug-likeness (QED) is 0.311. The summed E-state index contributed by atoms with van der Waals surface area (Å²) in [4.78, 5) is 19.4. The van der Waals surface area contributed by atoms with E-state index in [1.165, 1.54) is 0 Å². The van der Waals surface area contributed by atoms with Gasteiger partial charge in [0.25, 0.3) is 0 Å². The van der Waals surface area contributed by atoms with Crippen LogP contribution >= 0.6 is 24.0 Å². The predicted octanol–water partition coefficient (Wildman–Crippen LogP) is 3.81. The Morgan fingerprint density at radius 1 is 1.19 bits per heavy atom. The zero-order valence-electron chi connectivity index (χ0n) is 19.9. The first-order valence-corrected chi connectivity index (χ1v) is 11.2. The van der Waals surface area contributed by atoms with Gasteiger partial charge in [-0.15, -0.1) is 24.0 Å². The number of hydrogen-bond acceptors (Lipinski definition) is 3. The second-order valence-electron chi connectivity index (χ2n) is 8.70. The highest BCUT2D eigenvalue weighted by molar-refractivity contribution is 14.0. The van der Waals surface area contributed by atoms with E-state index in [-0.39, 0.29) is 35.3 Å². The molecule has 0 radical (unpaired) electrons. The summed E-state index contributed by atoms with van der Waals surface area (Å²) in [6.45, 7) is 8.02. The van der Waals surface area contributed by atoms with Gasteiger partial charge in [0.1, 0.15) is 0 Å². The van der Waals surface area contributed by atoms with Crippen LogP contribution in [0.25, 0.3) is 5.69 Å². The number of aryl methyl sites for hydroxylation is 2. The van der Waals surface area contributed by atoms with Crippen LogP contribution in [-0.2, 0) is 11.3 Å².